The Kier molecular flexibility index (Phi) is 3.80. The van der Waals surface area contributed by atoms with Gasteiger partial charge in [-0.3, -0.25) is 4.79 Å². The molecule has 0 radical (unpaired) electrons. The molecule has 4 heteroatoms. The molecule has 1 aromatic rings. The molecule has 0 spiro atoms. The van der Waals surface area contributed by atoms with Gasteiger partial charge < -0.3 is 14.7 Å². The van der Waals surface area contributed by atoms with Gasteiger partial charge in [0.15, 0.2) is 5.78 Å². The summed E-state index contributed by atoms with van der Waals surface area (Å²) in [4.78, 5) is 14.0. The summed E-state index contributed by atoms with van der Waals surface area (Å²) >= 11 is 0. The lowest BCUT2D eigenvalue weighted by atomic mass is 9.93. The number of piperidine rings is 1. The Balaban J connectivity index is 2.32. The second-order valence-electron chi connectivity index (χ2n) is 5.39. The van der Waals surface area contributed by atoms with Crippen molar-refractivity contribution in [1.29, 1.82) is 0 Å². The van der Waals surface area contributed by atoms with Gasteiger partial charge in [0.05, 0.1) is 24.0 Å². The standard InChI is InChI=1S/C15H21NO3/c1-11(17)14-12(5-4-6-13(14)19-3)16-9-7-15(2,18)8-10-16/h4-6,18H,7-10H2,1-3H3. The molecule has 0 saturated carbocycles. The summed E-state index contributed by atoms with van der Waals surface area (Å²) in [6.07, 6.45) is 1.42. The van der Waals surface area contributed by atoms with E-state index in [4.69, 9.17) is 4.74 Å². The zero-order chi connectivity index (χ0) is 14.0. The third kappa shape index (κ3) is 2.89. The first-order valence-electron chi connectivity index (χ1n) is 6.60. The fourth-order valence-electron chi connectivity index (χ4n) is 2.54. The van der Waals surface area contributed by atoms with Crippen LogP contribution in [-0.2, 0) is 0 Å². The number of ether oxygens (including phenoxy) is 1. The van der Waals surface area contributed by atoms with Crippen LogP contribution in [0.4, 0.5) is 5.69 Å². The van der Waals surface area contributed by atoms with Crippen molar-refractivity contribution in [3.63, 3.8) is 0 Å². The highest BCUT2D eigenvalue weighted by molar-refractivity contribution is 6.02. The van der Waals surface area contributed by atoms with Crippen molar-refractivity contribution in [3.8, 4) is 5.75 Å². The summed E-state index contributed by atoms with van der Waals surface area (Å²) in [6, 6.07) is 5.65. The molecule has 4 nitrogen and oxygen atoms in total. The summed E-state index contributed by atoms with van der Waals surface area (Å²) in [6.45, 7) is 4.92. The molecule has 1 N–H and O–H groups in total. The SMILES string of the molecule is COc1cccc(N2CCC(C)(O)CC2)c1C(C)=O. The van der Waals surface area contributed by atoms with Crippen molar-refractivity contribution in [3.05, 3.63) is 23.8 Å². The first-order chi connectivity index (χ1) is 8.94. The molecule has 1 saturated heterocycles. The lowest BCUT2D eigenvalue weighted by Crippen LogP contribution is -2.42. The van der Waals surface area contributed by atoms with E-state index in [-0.39, 0.29) is 5.78 Å². The topological polar surface area (TPSA) is 49.8 Å². The van der Waals surface area contributed by atoms with E-state index < -0.39 is 5.60 Å². The van der Waals surface area contributed by atoms with E-state index in [0.29, 0.717) is 24.2 Å². The number of rotatable bonds is 3. The Hall–Kier alpha value is -1.55. The number of aliphatic hydroxyl groups is 1. The zero-order valence-electron chi connectivity index (χ0n) is 11.8. The molecule has 0 bridgehead atoms. The Morgan fingerprint density at radius 2 is 2.00 bits per heavy atom. The van der Waals surface area contributed by atoms with Gasteiger partial charge in [0, 0.05) is 13.1 Å². The normalized spacial score (nSPS) is 18.2. The highest BCUT2D eigenvalue weighted by atomic mass is 16.5. The van der Waals surface area contributed by atoms with Crippen molar-refractivity contribution < 1.29 is 14.6 Å². The van der Waals surface area contributed by atoms with E-state index in [1.165, 1.54) is 0 Å². The first kappa shape index (κ1) is 13.9. The molecule has 1 fully saturated rings. The number of hydrogen-bond donors (Lipinski definition) is 1. The molecule has 0 amide bonds. The molecule has 0 unspecified atom stereocenters. The summed E-state index contributed by atoms with van der Waals surface area (Å²) < 4.78 is 5.28. The first-order valence-corrected chi connectivity index (χ1v) is 6.60. The van der Waals surface area contributed by atoms with Gasteiger partial charge in [-0.15, -0.1) is 0 Å². The Bertz CT molecular complexity index is 472. The van der Waals surface area contributed by atoms with Crippen LogP contribution in [-0.4, -0.2) is 36.7 Å². The number of Topliss-reactive ketones (excluding diaryl/α,β-unsaturated/α-hetero) is 1. The average Bonchev–Trinajstić information content (AvgIpc) is 2.37. The van der Waals surface area contributed by atoms with Crippen molar-refractivity contribution in [2.45, 2.75) is 32.3 Å². The van der Waals surface area contributed by atoms with E-state index >= 15 is 0 Å². The highest BCUT2D eigenvalue weighted by Crippen LogP contribution is 2.33. The molecule has 104 valence electrons. The van der Waals surface area contributed by atoms with Crippen LogP contribution in [0.2, 0.25) is 0 Å². The Morgan fingerprint density at radius 1 is 1.37 bits per heavy atom. The molecule has 19 heavy (non-hydrogen) atoms. The van der Waals surface area contributed by atoms with Crippen LogP contribution >= 0.6 is 0 Å². The maximum Gasteiger partial charge on any atom is 0.165 e. The lowest BCUT2D eigenvalue weighted by molar-refractivity contribution is 0.0351. The number of hydrogen-bond acceptors (Lipinski definition) is 4. The minimum Gasteiger partial charge on any atom is -0.496 e. The minimum absolute atomic E-state index is 0.00443. The smallest absolute Gasteiger partial charge is 0.165 e. The second kappa shape index (κ2) is 5.21. The quantitative estimate of drug-likeness (QED) is 0.850. The number of ketones is 1. The monoisotopic (exact) mass is 263 g/mol. The molecule has 1 aromatic carbocycles. The van der Waals surface area contributed by atoms with Gasteiger partial charge in [0.2, 0.25) is 0 Å². The average molecular weight is 263 g/mol. The Morgan fingerprint density at radius 3 is 2.53 bits per heavy atom. The van der Waals surface area contributed by atoms with Gasteiger partial charge >= 0.3 is 0 Å². The highest BCUT2D eigenvalue weighted by Gasteiger charge is 2.29. The van der Waals surface area contributed by atoms with Crippen LogP contribution in [0.5, 0.6) is 5.75 Å². The number of nitrogens with zero attached hydrogens (tertiary/aromatic N) is 1. The van der Waals surface area contributed by atoms with Crippen LogP contribution in [0.15, 0.2) is 18.2 Å². The predicted molar refractivity (Wildman–Crippen MR) is 75.1 cm³/mol. The van der Waals surface area contributed by atoms with E-state index in [1.807, 2.05) is 19.1 Å². The largest absolute Gasteiger partial charge is 0.496 e. The number of benzene rings is 1. The van der Waals surface area contributed by atoms with Crippen LogP contribution in [0.1, 0.15) is 37.0 Å². The van der Waals surface area contributed by atoms with Gasteiger partial charge in [-0.05, 0) is 38.8 Å². The summed E-state index contributed by atoms with van der Waals surface area (Å²) in [5.41, 5.74) is 0.944. The molecule has 2 rings (SSSR count). The van der Waals surface area contributed by atoms with Crippen molar-refractivity contribution in [1.82, 2.24) is 0 Å². The maximum absolute atomic E-state index is 11.9. The number of methoxy groups -OCH3 is 1. The fraction of sp³-hybridized carbons (Fsp3) is 0.533. The van der Waals surface area contributed by atoms with Crippen LogP contribution in [0, 0.1) is 0 Å². The van der Waals surface area contributed by atoms with Crippen molar-refractivity contribution in [2.24, 2.45) is 0 Å². The number of carbonyl (C=O) groups is 1. The van der Waals surface area contributed by atoms with E-state index in [2.05, 4.69) is 4.90 Å². The molecule has 1 aliphatic rings. The molecule has 0 aliphatic carbocycles. The van der Waals surface area contributed by atoms with Crippen LogP contribution in [0.3, 0.4) is 0 Å². The van der Waals surface area contributed by atoms with E-state index in [1.54, 1.807) is 20.1 Å². The third-order valence-corrected chi connectivity index (χ3v) is 3.76. The van der Waals surface area contributed by atoms with Gasteiger partial charge in [-0.2, -0.15) is 0 Å². The van der Waals surface area contributed by atoms with Gasteiger partial charge in [-0.25, -0.2) is 0 Å². The fourth-order valence-corrected chi connectivity index (χ4v) is 2.54. The van der Waals surface area contributed by atoms with E-state index in [9.17, 15) is 9.90 Å². The van der Waals surface area contributed by atoms with Crippen LogP contribution < -0.4 is 9.64 Å². The summed E-state index contributed by atoms with van der Waals surface area (Å²) in [5.74, 6) is 0.618. The predicted octanol–water partition coefficient (Wildman–Crippen LogP) is 2.25. The number of anilines is 1. The van der Waals surface area contributed by atoms with Gasteiger partial charge in [0.1, 0.15) is 5.75 Å². The molecular weight excluding hydrogens is 242 g/mol. The molecule has 1 heterocycles. The van der Waals surface area contributed by atoms with Gasteiger partial charge in [-0.1, -0.05) is 6.07 Å². The summed E-state index contributed by atoms with van der Waals surface area (Å²) in [5, 5.41) is 10.0. The molecule has 0 atom stereocenters. The van der Waals surface area contributed by atoms with Crippen LogP contribution in [0.25, 0.3) is 0 Å². The van der Waals surface area contributed by atoms with Gasteiger partial charge in [0.25, 0.3) is 0 Å². The lowest BCUT2D eigenvalue weighted by Gasteiger charge is -2.38. The van der Waals surface area contributed by atoms with Crippen molar-refractivity contribution in [2.75, 3.05) is 25.1 Å². The third-order valence-electron chi connectivity index (χ3n) is 3.76. The molecule has 1 aliphatic heterocycles. The van der Waals surface area contributed by atoms with Crippen molar-refractivity contribution >= 4 is 11.5 Å². The number of carbonyl (C=O) groups excluding carboxylic acids is 1. The second-order valence-corrected chi connectivity index (χ2v) is 5.39. The minimum atomic E-state index is -0.592. The Labute approximate surface area is 114 Å². The zero-order valence-corrected chi connectivity index (χ0v) is 11.8. The summed E-state index contributed by atoms with van der Waals surface area (Å²) in [7, 11) is 1.58. The van der Waals surface area contributed by atoms with E-state index in [0.717, 1.165) is 18.8 Å². The molecule has 0 aromatic heterocycles. The maximum atomic E-state index is 11.9. The molecular formula is C15H21NO3.